The number of quaternary nitrogens is 1. The third kappa shape index (κ3) is 6.78. The van der Waals surface area contributed by atoms with E-state index in [2.05, 4.69) is 181 Å². The average molecular weight is 781 g/mol. The van der Waals surface area contributed by atoms with Gasteiger partial charge in [0.05, 0.1) is 17.8 Å². The molecule has 60 heavy (non-hydrogen) atoms. The van der Waals surface area contributed by atoms with E-state index in [1.165, 1.54) is 0 Å². The maximum absolute atomic E-state index is 6.13. The number of para-hydroxylation sites is 4. The van der Waals surface area contributed by atoms with Gasteiger partial charge in [-0.3, -0.25) is 0 Å². The topological polar surface area (TPSA) is 81.8 Å². The normalized spacial score (nSPS) is 13.1. The Kier molecular flexibility index (Phi) is 9.52. The molecule has 0 fully saturated rings. The lowest BCUT2D eigenvalue weighted by molar-refractivity contribution is -0.805. The number of anilines is 7. The molecule has 0 saturated carbocycles. The van der Waals surface area contributed by atoms with Crippen molar-refractivity contribution in [2.75, 3.05) is 22.1 Å². The minimum atomic E-state index is 0.420. The summed E-state index contributed by atoms with van der Waals surface area (Å²) in [6.45, 7) is 5.35. The van der Waals surface area contributed by atoms with Crippen molar-refractivity contribution >= 4 is 62.2 Å². The van der Waals surface area contributed by atoms with Gasteiger partial charge in [-0.1, -0.05) is 111 Å². The summed E-state index contributed by atoms with van der Waals surface area (Å²) < 4.78 is 0. The molecule has 1 aliphatic rings. The first-order valence-corrected chi connectivity index (χ1v) is 20.4. The summed E-state index contributed by atoms with van der Waals surface area (Å²) in [5.41, 5.74) is 27.2. The van der Waals surface area contributed by atoms with Gasteiger partial charge in [0.2, 0.25) is 0 Å². The van der Waals surface area contributed by atoms with Crippen LogP contribution in [-0.2, 0) is 0 Å². The maximum Gasteiger partial charge on any atom is 0.128 e. The van der Waals surface area contributed by atoms with Gasteiger partial charge in [0, 0.05) is 51.3 Å². The van der Waals surface area contributed by atoms with Gasteiger partial charge < -0.3 is 26.0 Å². The number of nitrogens with two attached hydrogens (primary N) is 1. The smallest absolute Gasteiger partial charge is 0.128 e. The van der Waals surface area contributed by atoms with Gasteiger partial charge in [-0.15, -0.1) is 10.2 Å². The number of hydrogen-bond donors (Lipinski definition) is 2. The molecule has 0 amide bonds. The van der Waals surface area contributed by atoms with Gasteiger partial charge >= 0.3 is 0 Å². The second kappa shape index (κ2) is 15.6. The standard InChI is InChI=1S/C52H44N8/c1-36(2)35-57-52-48(38-25-31-45(32-26-38)59(42-19-11-5-12-20-42)43-21-13-6-14-22-43)50-49(55-60(56-50)46-33-27-39(53)28-34-46)47(51(52)54-57)37-23-29-44(30-24-37)58(40-15-7-3-8-16-40)41-17-9-4-10-18-41/h3-34,36,57H,35,53H2,1-2H3. The third-order valence-electron chi connectivity index (χ3n) is 11.0. The van der Waals surface area contributed by atoms with Crippen LogP contribution >= 0.6 is 0 Å². The molecule has 1 unspecified atom stereocenters. The largest absolute Gasteiger partial charge is 0.478 e. The summed E-state index contributed by atoms with van der Waals surface area (Å²) in [5.74, 6) is 0.420. The van der Waals surface area contributed by atoms with Crippen LogP contribution in [0.25, 0.3) is 44.4 Å². The first kappa shape index (κ1) is 36.6. The van der Waals surface area contributed by atoms with Crippen LogP contribution in [0.5, 0.6) is 0 Å². The van der Waals surface area contributed by atoms with E-state index in [1.54, 1.807) is 4.80 Å². The van der Waals surface area contributed by atoms with Crippen LogP contribution in [0.1, 0.15) is 13.8 Å². The number of nitrogens with zero attached hydrogens (tertiary/aromatic N) is 6. The van der Waals surface area contributed by atoms with Crippen molar-refractivity contribution in [2.45, 2.75) is 13.8 Å². The zero-order chi connectivity index (χ0) is 40.6. The van der Waals surface area contributed by atoms with Crippen LogP contribution in [-0.4, -0.2) is 21.5 Å². The molecule has 8 nitrogen and oxygen atoms in total. The van der Waals surface area contributed by atoms with Crippen LogP contribution in [0.4, 0.5) is 51.2 Å². The minimum absolute atomic E-state index is 0.420. The van der Waals surface area contributed by atoms with Crippen molar-refractivity contribution in [1.82, 2.24) is 15.0 Å². The molecule has 8 aromatic carbocycles. The number of nitrogens with one attached hydrogen (secondary N) is 1. The molecule has 3 N–H and O–H groups in total. The fraction of sp³-hybridized carbons (Fsp3) is 0.0769. The quantitative estimate of drug-likeness (QED) is 0.128. The maximum atomic E-state index is 6.13. The van der Waals surface area contributed by atoms with Crippen LogP contribution in [0, 0.1) is 5.92 Å². The Labute approximate surface area is 350 Å². The molecule has 1 aromatic heterocycles. The zero-order valence-electron chi connectivity index (χ0n) is 33.5. The van der Waals surface area contributed by atoms with Gasteiger partial charge in [0.15, 0.2) is 0 Å². The summed E-state index contributed by atoms with van der Waals surface area (Å²) in [7, 11) is 0. The molecule has 0 aliphatic carbocycles. The lowest BCUT2D eigenvalue weighted by atomic mass is 9.91. The molecule has 8 heteroatoms. The minimum Gasteiger partial charge on any atom is -0.478 e. The molecule has 2 heterocycles. The summed E-state index contributed by atoms with van der Waals surface area (Å²) >= 11 is 0. The highest BCUT2D eigenvalue weighted by Crippen LogP contribution is 2.52. The molecule has 1 atom stereocenters. The van der Waals surface area contributed by atoms with Crippen molar-refractivity contribution in [3.63, 3.8) is 0 Å². The summed E-state index contributed by atoms with van der Waals surface area (Å²) in [5, 5.41) is 11.6. The van der Waals surface area contributed by atoms with E-state index in [-0.39, 0.29) is 0 Å². The Morgan fingerprint density at radius 2 is 0.883 bits per heavy atom. The van der Waals surface area contributed by atoms with Crippen LogP contribution in [0.2, 0.25) is 0 Å². The highest BCUT2D eigenvalue weighted by molar-refractivity contribution is 6.14. The summed E-state index contributed by atoms with van der Waals surface area (Å²) in [6, 6.07) is 67.2. The van der Waals surface area contributed by atoms with Gasteiger partial charge in [-0.25, -0.2) is 0 Å². The summed E-state index contributed by atoms with van der Waals surface area (Å²) in [4.78, 5) is 6.29. The predicted octanol–water partition coefficient (Wildman–Crippen LogP) is 12.4. The lowest BCUT2D eigenvalue weighted by Gasteiger charge is -2.47. The van der Waals surface area contributed by atoms with Crippen molar-refractivity contribution in [1.29, 1.82) is 0 Å². The highest BCUT2D eigenvalue weighted by atomic mass is 15.6. The van der Waals surface area contributed by atoms with E-state index in [1.807, 2.05) is 36.4 Å². The molecule has 0 bridgehead atoms. The number of benzene rings is 8. The Balaban J connectivity index is 1.14. The predicted molar refractivity (Wildman–Crippen MR) is 247 cm³/mol. The van der Waals surface area contributed by atoms with E-state index < -0.39 is 0 Å². The molecule has 0 saturated heterocycles. The fourth-order valence-corrected chi connectivity index (χ4v) is 8.22. The molecule has 9 aromatic rings. The third-order valence-corrected chi connectivity index (χ3v) is 11.0. The Hall–Kier alpha value is -7.68. The average Bonchev–Trinajstić information content (AvgIpc) is 3.73. The zero-order valence-corrected chi connectivity index (χ0v) is 33.5. The first-order valence-electron chi connectivity index (χ1n) is 20.4. The highest BCUT2D eigenvalue weighted by Gasteiger charge is 2.33. The second-order valence-electron chi connectivity index (χ2n) is 15.5. The second-order valence-corrected chi connectivity index (χ2v) is 15.5. The molecule has 0 radical (unpaired) electrons. The number of nitrogen functional groups attached to an aromatic ring is 1. The van der Waals surface area contributed by atoms with E-state index in [0.29, 0.717) is 11.6 Å². The van der Waals surface area contributed by atoms with Crippen molar-refractivity contribution in [2.24, 2.45) is 5.92 Å². The Morgan fingerprint density at radius 1 is 0.500 bits per heavy atom. The van der Waals surface area contributed by atoms with Gasteiger partial charge in [0.25, 0.3) is 0 Å². The monoisotopic (exact) mass is 780 g/mol. The van der Waals surface area contributed by atoms with Gasteiger partial charge in [0.1, 0.15) is 16.7 Å². The SMILES string of the molecule is CC(C)C[NH+]1[N-]c2c1c(-c1ccc(N(c3ccccc3)c3ccccc3)cc1)c1nn(-c3ccc(N)cc3)nc1c2-c1ccc(N(c2ccccc2)c2ccccc2)cc1. The van der Waals surface area contributed by atoms with Crippen molar-refractivity contribution in [3.05, 3.63) is 200 Å². The van der Waals surface area contributed by atoms with Crippen molar-refractivity contribution < 1.29 is 5.01 Å². The molecule has 0 spiro atoms. The first-order chi connectivity index (χ1) is 29.5. The fourth-order valence-electron chi connectivity index (χ4n) is 8.22. The number of aromatic nitrogens is 3. The van der Waals surface area contributed by atoms with Crippen LogP contribution in [0.3, 0.4) is 0 Å². The molecule has 292 valence electrons. The number of rotatable bonds is 11. The van der Waals surface area contributed by atoms with Gasteiger partial charge in [-0.2, -0.15) is 4.80 Å². The molecular weight excluding hydrogens is 737 g/mol. The van der Waals surface area contributed by atoms with E-state index >= 15 is 0 Å². The lowest BCUT2D eigenvalue weighted by Crippen LogP contribution is -3.07. The van der Waals surface area contributed by atoms with Gasteiger partial charge in [-0.05, 0) is 114 Å². The molecule has 10 rings (SSSR count). The van der Waals surface area contributed by atoms with Crippen LogP contribution < -0.4 is 20.5 Å². The number of fused-ring (bicyclic) bond motifs is 2. The number of hydrogen-bond acceptors (Lipinski definition) is 5. The molecule has 1 aliphatic heterocycles. The Bertz CT molecular complexity index is 2800. The van der Waals surface area contributed by atoms with E-state index in [9.17, 15) is 0 Å². The van der Waals surface area contributed by atoms with Crippen molar-refractivity contribution in [3.8, 4) is 27.9 Å². The van der Waals surface area contributed by atoms with Crippen LogP contribution in [0.15, 0.2) is 194 Å². The van der Waals surface area contributed by atoms with E-state index in [4.69, 9.17) is 21.4 Å². The Morgan fingerprint density at radius 3 is 1.30 bits per heavy atom. The summed E-state index contributed by atoms with van der Waals surface area (Å²) in [6.07, 6.45) is 0. The van der Waals surface area contributed by atoms with E-state index in [0.717, 1.165) is 96.0 Å². The molecular formula is C52H44N8.